The van der Waals surface area contributed by atoms with Gasteiger partial charge in [0.15, 0.2) is 0 Å². The van der Waals surface area contributed by atoms with Crippen LogP contribution in [0, 0.1) is 5.92 Å². The molecule has 0 fully saturated rings. The summed E-state index contributed by atoms with van der Waals surface area (Å²) in [6.07, 6.45) is 3.86. The second kappa shape index (κ2) is 12.9. The van der Waals surface area contributed by atoms with Crippen LogP contribution in [0.25, 0.3) is 0 Å². The average Bonchev–Trinajstić information content (AvgIpc) is 2.30. The third-order valence-corrected chi connectivity index (χ3v) is 3.44. The fraction of sp³-hybridized carbons (Fsp3) is 0.923. The summed E-state index contributed by atoms with van der Waals surface area (Å²) < 4.78 is 0. The first kappa shape index (κ1) is 18.2. The average molecular weight is 247 g/mol. The summed E-state index contributed by atoms with van der Waals surface area (Å²) in [7, 11) is 3.64. The number of hydrogen-bond donors (Lipinski definition) is 0. The van der Waals surface area contributed by atoms with Crippen LogP contribution < -0.4 is 0 Å². The summed E-state index contributed by atoms with van der Waals surface area (Å²) >= 11 is 1.90. The lowest BCUT2D eigenvalue weighted by atomic mass is 10.2. The van der Waals surface area contributed by atoms with Crippen molar-refractivity contribution in [3.8, 4) is 0 Å². The molecule has 0 aromatic carbocycles. The molecule has 0 aliphatic heterocycles. The van der Waals surface area contributed by atoms with Crippen molar-refractivity contribution in [1.82, 2.24) is 4.90 Å². The number of carbonyl (C=O) groups excluding carboxylic acids is 1. The molecule has 0 bridgehead atoms. The Bertz CT molecular complexity index is 160. The standard InChI is InChI=1S/C11H23NOS.C2H6/c1-5-6-7-8-14-9-10(2)11(13)12(3)4;1-2/h10H,5-9H2,1-4H3;1-2H3/t10-;/m1./s1. The highest BCUT2D eigenvalue weighted by atomic mass is 32.2. The number of unbranched alkanes of at least 4 members (excludes halogenated alkanes) is 2. The van der Waals surface area contributed by atoms with E-state index in [0.717, 1.165) is 5.75 Å². The molecule has 98 valence electrons. The largest absolute Gasteiger partial charge is 0.349 e. The molecule has 0 heterocycles. The van der Waals surface area contributed by atoms with Crippen molar-refractivity contribution in [2.45, 2.75) is 47.0 Å². The van der Waals surface area contributed by atoms with Gasteiger partial charge in [0.25, 0.3) is 0 Å². The van der Waals surface area contributed by atoms with Gasteiger partial charge in [-0.25, -0.2) is 0 Å². The Labute approximate surface area is 106 Å². The number of amides is 1. The van der Waals surface area contributed by atoms with Crippen LogP contribution in [-0.2, 0) is 4.79 Å². The third-order valence-electron chi connectivity index (χ3n) is 2.12. The zero-order valence-corrected chi connectivity index (χ0v) is 12.7. The van der Waals surface area contributed by atoms with E-state index in [2.05, 4.69) is 6.92 Å². The van der Waals surface area contributed by atoms with Gasteiger partial charge in [-0.3, -0.25) is 4.79 Å². The molecule has 16 heavy (non-hydrogen) atoms. The van der Waals surface area contributed by atoms with E-state index in [1.165, 1.54) is 25.0 Å². The Morgan fingerprint density at radius 3 is 2.25 bits per heavy atom. The maximum absolute atomic E-state index is 11.5. The quantitative estimate of drug-likeness (QED) is 0.640. The molecule has 0 rings (SSSR count). The van der Waals surface area contributed by atoms with Crippen LogP contribution in [0.15, 0.2) is 0 Å². The summed E-state index contributed by atoms with van der Waals surface area (Å²) in [6, 6.07) is 0. The van der Waals surface area contributed by atoms with Crippen molar-refractivity contribution in [3.05, 3.63) is 0 Å². The lowest BCUT2D eigenvalue weighted by Crippen LogP contribution is -2.29. The second-order valence-electron chi connectivity index (χ2n) is 3.92. The maximum Gasteiger partial charge on any atom is 0.225 e. The highest BCUT2D eigenvalue weighted by Crippen LogP contribution is 2.12. The number of carbonyl (C=O) groups is 1. The number of nitrogens with zero attached hydrogens (tertiary/aromatic N) is 1. The van der Waals surface area contributed by atoms with Crippen LogP contribution in [0.2, 0.25) is 0 Å². The Balaban J connectivity index is 0. The molecular weight excluding hydrogens is 218 g/mol. The van der Waals surface area contributed by atoms with Crippen LogP contribution in [0.1, 0.15) is 47.0 Å². The maximum atomic E-state index is 11.5. The van der Waals surface area contributed by atoms with Crippen molar-refractivity contribution in [3.63, 3.8) is 0 Å². The van der Waals surface area contributed by atoms with Gasteiger partial charge in [-0.05, 0) is 12.2 Å². The molecular formula is C13H29NOS. The van der Waals surface area contributed by atoms with Gasteiger partial charge >= 0.3 is 0 Å². The van der Waals surface area contributed by atoms with Gasteiger partial charge in [0.05, 0.1) is 0 Å². The SMILES string of the molecule is CC.CCCCCSC[C@@H](C)C(=O)N(C)C. The Kier molecular flexibility index (Phi) is 14.7. The first-order chi connectivity index (χ1) is 7.59. The van der Waals surface area contributed by atoms with E-state index in [0.29, 0.717) is 0 Å². The molecule has 0 aliphatic rings. The normalized spacial score (nSPS) is 11.4. The highest BCUT2D eigenvalue weighted by Gasteiger charge is 2.13. The summed E-state index contributed by atoms with van der Waals surface area (Å²) in [5.74, 6) is 2.56. The third kappa shape index (κ3) is 10.3. The molecule has 2 nitrogen and oxygen atoms in total. The Morgan fingerprint density at radius 2 is 1.81 bits per heavy atom. The van der Waals surface area contributed by atoms with Gasteiger partial charge in [-0.15, -0.1) is 0 Å². The number of rotatable bonds is 7. The van der Waals surface area contributed by atoms with Gasteiger partial charge < -0.3 is 4.90 Å². The van der Waals surface area contributed by atoms with Gasteiger partial charge in [0.1, 0.15) is 0 Å². The van der Waals surface area contributed by atoms with Crippen LogP contribution in [0.5, 0.6) is 0 Å². The fourth-order valence-electron chi connectivity index (χ4n) is 1.23. The molecule has 0 aromatic heterocycles. The summed E-state index contributed by atoms with van der Waals surface area (Å²) in [4.78, 5) is 13.2. The predicted octanol–water partition coefficient (Wildman–Crippen LogP) is 3.66. The van der Waals surface area contributed by atoms with Crippen molar-refractivity contribution in [2.75, 3.05) is 25.6 Å². The van der Waals surface area contributed by atoms with Crippen LogP contribution in [0.3, 0.4) is 0 Å². The molecule has 0 N–H and O–H groups in total. The topological polar surface area (TPSA) is 20.3 Å². The van der Waals surface area contributed by atoms with Crippen LogP contribution >= 0.6 is 11.8 Å². The monoisotopic (exact) mass is 247 g/mol. The molecule has 0 radical (unpaired) electrons. The first-order valence-electron chi connectivity index (χ1n) is 6.38. The lowest BCUT2D eigenvalue weighted by Gasteiger charge is -2.16. The lowest BCUT2D eigenvalue weighted by molar-refractivity contribution is -0.131. The molecule has 0 aliphatic carbocycles. The van der Waals surface area contributed by atoms with E-state index in [-0.39, 0.29) is 11.8 Å². The van der Waals surface area contributed by atoms with E-state index in [4.69, 9.17) is 0 Å². The van der Waals surface area contributed by atoms with E-state index in [1.807, 2.05) is 46.6 Å². The molecule has 0 saturated heterocycles. The Hall–Kier alpha value is -0.180. The minimum absolute atomic E-state index is 0.164. The van der Waals surface area contributed by atoms with E-state index >= 15 is 0 Å². The van der Waals surface area contributed by atoms with E-state index < -0.39 is 0 Å². The molecule has 0 spiro atoms. The van der Waals surface area contributed by atoms with Gasteiger partial charge in [0.2, 0.25) is 5.91 Å². The van der Waals surface area contributed by atoms with Crippen molar-refractivity contribution in [2.24, 2.45) is 5.92 Å². The minimum Gasteiger partial charge on any atom is -0.349 e. The molecule has 1 amide bonds. The molecule has 1 atom stereocenters. The molecule has 3 heteroatoms. The zero-order valence-electron chi connectivity index (χ0n) is 11.9. The number of thioether (sulfide) groups is 1. The fourth-order valence-corrected chi connectivity index (χ4v) is 2.30. The van der Waals surface area contributed by atoms with Gasteiger partial charge in [-0.1, -0.05) is 40.5 Å². The van der Waals surface area contributed by atoms with Gasteiger partial charge in [-0.2, -0.15) is 11.8 Å². The summed E-state index contributed by atoms with van der Waals surface area (Å²) in [5, 5.41) is 0. The highest BCUT2D eigenvalue weighted by molar-refractivity contribution is 7.99. The second-order valence-corrected chi connectivity index (χ2v) is 5.07. The summed E-state index contributed by atoms with van der Waals surface area (Å²) in [5.41, 5.74) is 0. The number of hydrogen-bond acceptors (Lipinski definition) is 2. The van der Waals surface area contributed by atoms with Crippen LogP contribution in [0.4, 0.5) is 0 Å². The Morgan fingerprint density at radius 1 is 1.25 bits per heavy atom. The smallest absolute Gasteiger partial charge is 0.225 e. The first-order valence-corrected chi connectivity index (χ1v) is 7.54. The molecule has 0 aromatic rings. The van der Waals surface area contributed by atoms with Crippen LogP contribution in [-0.4, -0.2) is 36.4 Å². The van der Waals surface area contributed by atoms with E-state index in [9.17, 15) is 4.79 Å². The summed E-state index contributed by atoms with van der Waals surface area (Å²) in [6.45, 7) is 8.22. The molecule has 0 unspecified atom stereocenters. The molecule has 0 saturated carbocycles. The van der Waals surface area contributed by atoms with Gasteiger partial charge in [0, 0.05) is 25.8 Å². The minimum atomic E-state index is 0.164. The van der Waals surface area contributed by atoms with Crippen molar-refractivity contribution in [1.29, 1.82) is 0 Å². The predicted molar refractivity (Wildman–Crippen MR) is 76.1 cm³/mol. The van der Waals surface area contributed by atoms with E-state index in [1.54, 1.807) is 4.90 Å². The van der Waals surface area contributed by atoms with Crippen molar-refractivity contribution < 1.29 is 4.79 Å². The van der Waals surface area contributed by atoms with Crippen molar-refractivity contribution >= 4 is 17.7 Å². The zero-order chi connectivity index (χ0) is 13.0.